The lowest BCUT2D eigenvalue weighted by Crippen LogP contribution is -2.49. The third-order valence-corrected chi connectivity index (χ3v) is 8.02. The molecule has 37 heavy (non-hydrogen) atoms. The minimum Gasteiger partial charge on any atom is -0.370 e. The van der Waals surface area contributed by atoms with Gasteiger partial charge in [-0.1, -0.05) is 19.9 Å². The SMILES string of the molecule is CC(C)c1ccc(N2CC(CS(C)(=O)=O)C2)c2cnc(Nc3ccnc(N4CCCC(F)(F)C4)n3)cc12. The zero-order chi connectivity index (χ0) is 26.4. The molecule has 2 saturated heterocycles. The molecule has 3 aromatic rings. The van der Waals surface area contributed by atoms with Crippen LogP contribution < -0.4 is 15.1 Å². The molecule has 1 N–H and O–H groups in total. The Bertz CT molecular complexity index is 1410. The largest absolute Gasteiger partial charge is 0.370 e. The molecule has 198 valence electrons. The summed E-state index contributed by atoms with van der Waals surface area (Å²) in [6, 6.07) is 7.89. The number of rotatable bonds is 7. The first-order chi connectivity index (χ1) is 17.5. The van der Waals surface area contributed by atoms with Gasteiger partial charge in [0, 0.05) is 61.7 Å². The monoisotopic (exact) mass is 530 g/mol. The predicted molar refractivity (Wildman–Crippen MR) is 143 cm³/mol. The van der Waals surface area contributed by atoms with Gasteiger partial charge in [-0.2, -0.15) is 4.98 Å². The van der Waals surface area contributed by atoms with E-state index in [4.69, 9.17) is 0 Å². The summed E-state index contributed by atoms with van der Waals surface area (Å²) in [6.07, 6.45) is 4.96. The Morgan fingerprint density at radius 3 is 2.59 bits per heavy atom. The molecule has 2 fully saturated rings. The van der Waals surface area contributed by atoms with Crippen LogP contribution in [0.3, 0.4) is 0 Å². The Morgan fingerprint density at radius 1 is 1.11 bits per heavy atom. The van der Waals surface area contributed by atoms with Crippen LogP contribution in [0.5, 0.6) is 0 Å². The van der Waals surface area contributed by atoms with Gasteiger partial charge in [0.05, 0.1) is 12.3 Å². The van der Waals surface area contributed by atoms with Gasteiger partial charge in [0.1, 0.15) is 21.5 Å². The summed E-state index contributed by atoms with van der Waals surface area (Å²) in [6.45, 7) is 5.78. The van der Waals surface area contributed by atoms with Crippen molar-refractivity contribution in [2.24, 2.45) is 5.92 Å². The number of hydrogen-bond donors (Lipinski definition) is 1. The van der Waals surface area contributed by atoms with Crippen LogP contribution in [0.25, 0.3) is 10.8 Å². The van der Waals surface area contributed by atoms with Crippen molar-refractivity contribution in [2.45, 2.75) is 38.5 Å². The van der Waals surface area contributed by atoms with Gasteiger partial charge in [-0.25, -0.2) is 27.2 Å². The van der Waals surface area contributed by atoms with E-state index in [9.17, 15) is 17.2 Å². The van der Waals surface area contributed by atoms with E-state index in [2.05, 4.69) is 51.1 Å². The maximum absolute atomic E-state index is 13.9. The third-order valence-electron chi connectivity index (χ3n) is 6.94. The molecule has 5 rings (SSSR count). The fraction of sp³-hybridized carbons (Fsp3) is 0.500. The summed E-state index contributed by atoms with van der Waals surface area (Å²) in [5.74, 6) is -0.761. The number of benzene rings is 1. The number of halogens is 2. The number of fused-ring (bicyclic) bond motifs is 1. The minimum absolute atomic E-state index is 0.113. The first-order valence-electron chi connectivity index (χ1n) is 12.6. The average Bonchev–Trinajstić information content (AvgIpc) is 2.79. The number of hydrogen-bond acceptors (Lipinski definition) is 8. The number of aromatic nitrogens is 3. The molecule has 0 unspecified atom stereocenters. The van der Waals surface area contributed by atoms with Crippen LogP contribution in [0.4, 0.5) is 32.1 Å². The summed E-state index contributed by atoms with van der Waals surface area (Å²) >= 11 is 0. The fourth-order valence-electron chi connectivity index (χ4n) is 5.23. The highest BCUT2D eigenvalue weighted by molar-refractivity contribution is 7.90. The van der Waals surface area contributed by atoms with E-state index in [1.54, 1.807) is 12.3 Å². The van der Waals surface area contributed by atoms with Gasteiger partial charge in [-0.05, 0) is 41.5 Å². The van der Waals surface area contributed by atoms with Crippen LogP contribution in [0.1, 0.15) is 38.2 Å². The number of nitrogens with zero attached hydrogens (tertiary/aromatic N) is 5. The van der Waals surface area contributed by atoms with Gasteiger partial charge in [0.15, 0.2) is 0 Å². The summed E-state index contributed by atoms with van der Waals surface area (Å²) in [5, 5.41) is 5.28. The lowest BCUT2D eigenvalue weighted by molar-refractivity contribution is -0.0120. The summed E-state index contributed by atoms with van der Waals surface area (Å²) in [7, 11) is -3.00. The number of alkyl halides is 2. The molecule has 0 bridgehead atoms. The van der Waals surface area contributed by atoms with E-state index in [-0.39, 0.29) is 36.5 Å². The van der Waals surface area contributed by atoms with Crippen molar-refractivity contribution >= 4 is 43.9 Å². The molecule has 0 saturated carbocycles. The van der Waals surface area contributed by atoms with Crippen molar-refractivity contribution in [3.63, 3.8) is 0 Å². The Labute approximate surface area is 216 Å². The highest BCUT2D eigenvalue weighted by atomic mass is 32.2. The van der Waals surface area contributed by atoms with Crippen molar-refractivity contribution in [1.82, 2.24) is 15.0 Å². The predicted octanol–water partition coefficient (Wildman–Crippen LogP) is 4.61. The molecule has 1 aromatic carbocycles. The molecule has 0 amide bonds. The van der Waals surface area contributed by atoms with Gasteiger partial charge < -0.3 is 15.1 Å². The Hall–Kier alpha value is -3.08. The zero-order valence-electron chi connectivity index (χ0n) is 21.3. The van der Waals surface area contributed by atoms with E-state index in [1.807, 2.05) is 12.3 Å². The van der Waals surface area contributed by atoms with Crippen molar-refractivity contribution < 1.29 is 17.2 Å². The van der Waals surface area contributed by atoms with Gasteiger partial charge in [0.2, 0.25) is 5.95 Å². The third kappa shape index (κ3) is 5.76. The summed E-state index contributed by atoms with van der Waals surface area (Å²) in [5.41, 5.74) is 2.22. The zero-order valence-corrected chi connectivity index (χ0v) is 22.1. The van der Waals surface area contributed by atoms with Gasteiger partial charge >= 0.3 is 0 Å². The molecule has 11 heteroatoms. The number of anilines is 4. The molecule has 2 aliphatic rings. The Morgan fingerprint density at radius 2 is 1.89 bits per heavy atom. The number of piperidine rings is 1. The molecule has 0 aliphatic carbocycles. The van der Waals surface area contributed by atoms with Crippen LogP contribution in [-0.4, -0.2) is 67.5 Å². The van der Waals surface area contributed by atoms with E-state index >= 15 is 0 Å². The fourth-order valence-corrected chi connectivity index (χ4v) is 6.30. The van der Waals surface area contributed by atoms with Crippen molar-refractivity contribution in [1.29, 1.82) is 0 Å². The molecule has 0 spiro atoms. The molecule has 2 aromatic heterocycles. The van der Waals surface area contributed by atoms with E-state index in [1.165, 1.54) is 16.7 Å². The van der Waals surface area contributed by atoms with Crippen molar-refractivity contribution in [2.75, 3.05) is 53.3 Å². The van der Waals surface area contributed by atoms with E-state index in [0.717, 1.165) is 16.5 Å². The lowest BCUT2D eigenvalue weighted by Gasteiger charge is -2.41. The topological polar surface area (TPSA) is 91.3 Å². The van der Waals surface area contributed by atoms with Gasteiger partial charge in [-0.3, -0.25) is 0 Å². The Balaban J connectivity index is 1.40. The van der Waals surface area contributed by atoms with E-state index in [0.29, 0.717) is 37.7 Å². The normalized spacial score (nSPS) is 18.3. The molecule has 0 atom stereocenters. The van der Waals surface area contributed by atoms with Crippen LogP contribution in [-0.2, 0) is 9.84 Å². The van der Waals surface area contributed by atoms with Crippen molar-refractivity contribution in [3.05, 3.63) is 42.2 Å². The van der Waals surface area contributed by atoms with Gasteiger partial charge in [0.25, 0.3) is 5.92 Å². The average molecular weight is 531 g/mol. The molecule has 8 nitrogen and oxygen atoms in total. The second kappa shape index (κ2) is 9.66. The second-order valence-corrected chi connectivity index (χ2v) is 12.7. The maximum atomic E-state index is 13.9. The number of sulfone groups is 1. The van der Waals surface area contributed by atoms with Crippen LogP contribution in [0.15, 0.2) is 36.7 Å². The number of pyridine rings is 1. The maximum Gasteiger partial charge on any atom is 0.265 e. The smallest absolute Gasteiger partial charge is 0.265 e. The lowest BCUT2D eigenvalue weighted by atomic mass is 9.93. The summed E-state index contributed by atoms with van der Waals surface area (Å²) < 4.78 is 51.1. The standard InChI is InChI=1S/C26H32F2N6O2S/c1-17(2)19-5-6-22(34-13-18(14-34)15-37(3,35)36)21-12-30-24(11-20(19)21)31-23-7-9-29-25(32-23)33-10-4-8-26(27,28)16-33/h5-7,9,11-12,17-18H,4,8,10,13-16H2,1-3H3,(H,29,30,31,32). The molecular weight excluding hydrogens is 498 g/mol. The van der Waals surface area contributed by atoms with Crippen LogP contribution in [0, 0.1) is 5.92 Å². The Kier molecular flexibility index (Phi) is 6.68. The molecule has 4 heterocycles. The second-order valence-electron chi connectivity index (χ2n) is 10.6. The van der Waals surface area contributed by atoms with E-state index < -0.39 is 15.8 Å². The summed E-state index contributed by atoms with van der Waals surface area (Å²) in [4.78, 5) is 17.0. The molecule has 2 aliphatic heterocycles. The van der Waals surface area contributed by atoms with Crippen LogP contribution >= 0.6 is 0 Å². The first kappa shape index (κ1) is 25.6. The molecule has 0 radical (unpaired) electrons. The highest BCUT2D eigenvalue weighted by Crippen LogP contribution is 2.37. The highest BCUT2D eigenvalue weighted by Gasteiger charge is 2.36. The first-order valence-corrected chi connectivity index (χ1v) is 14.6. The number of nitrogens with one attached hydrogen (secondary N) is 1. The van der Waals surface area contributed by atoms with Crippen molar-refractivity contribution in [3.8, 4) is 0 Å². The van der Waals surface area contributed by atoms with Crippen LogP contribution in [0.2, 0.25) is 0 Å². The molecular formula is C26H32F2N6O2S. The quantitative estimate of drug-likeness (QED) is 0.474. The minimum atomic E-state index is -3.00. The van der Waals surface area contributed by atoms with Gasteiger partial charge in [-0.15, -0.1) is 0 Å².